The molecule has 0 bridgehead atoms. The minimum atomic E-state index is -0.331. The summed E-state index contributed by atoms with van der Waals surface area (Å²) in [6.07, 6.45) is 5.88. The van der Waals surface area contributed by atoms with Crippen molar-refractivity contribution < 1.29 is 18.8 Å². The molecule has 0 radical (unpaired) electrons. The first-order valence-electron chi connectivity index (χ1n) is 12.5. The van der Waals surface area contributed by atoms with E-state index in [0.29, 0.717) is 11.3 Å². The molecule has 0 unspecified atom stereocenters. The standard InChI is InChI=1S/C27H31FN4O3/c28-21-10-7-19(8-11-21)17-29-25(33)18-32-24-16-20(26(34)30-13-3-1-4-14-30)9-12-22(24)31-15-5-2-6-23(31)27(32)35/h7-12,16,23H,1-6,13-15,17-18H2,(H,29,33)/t23-/m1/s1. The second-order valence-corrected chi connectivity index (χ2v) is 9.59. The van der Waals surface area contributed by atoms with Gasteiger partial charge in [-0.2, -0.15) is 0 Å². The van der Waals surface area contributed by atoms with Crippen molar-refractivity contribution >= 4 is 29.1 Å². The molecule has 35 heavy (non-hydrogen) atoms. The van der Waals surface area contributed by atoms with Gasteiger partial charge in [-0.25, -0.2) is 4.39 Å². The van der Waals surface area contributed by atoms with Gasteiger partial charge in [0.1, 0.15) is 18.4 Å². The highest BCUT2D eigenvalue weighted by atomic mass is 19.1. The van der Waals surface area contributed by atoms with E-state index in [9.17, 15) is 18.8 Å². The highest BCUT2D eigenvalue weighted by molar-refractivity contribution is 6.09. The molecule has 2 aromatic rings. The van der Waals surface area contributed by atoms with Crippen molar-refractivity contribution in [1.82, 2.24) is 10.2 Å². The quantitative estimate of drug-likeness (QED) is 0.714. The van der Waals surface area contributed by atoms with Crippen molar-refractivity contribution in [1.29, 1.82) is 0 Å². The molecule has 5 rings (SSSR count). The first-order chi connectivity index (χ1) is 17.0. The molecule has 3 aliphatic heterocycles. The summed E-state index contributed by atoms with van der Waals surface area (Å²) in [4.78, 5) is 45.1. The zero-order valence-corrected chi connectivity index (χ0v) is 19.8. The summed E-state index contributed by atoms with van der Waals surface area (Å²) >= 11 is 0. The van der Waals surface area contributed by atoms with Gasteiger partial charge in [0, 0.05) is 31.7 Å². The predicted molar refractivity (Wildman–Crippen MR) is 132 cm³/mol. The van der Waals surface area contributed by atoms with Crippen molar-refractivity contribution in [3.05, 3.63) is 59.4 Å². The molecule has 3 aliphatic rings. The number of halogens is 1. The second kappa shape index (κ2) is 10.1. The number of piperidine rings is 2. The third kappa shape index (κ3) is 4.88. The number of fused-ring (bicyclic) bond motifs is 3. The lowest BCUT2D eigenvalue weighted by Crippen LogP contribution is -2.57. The molecule has 184 valence electrons. The van der Waals surface area contributed by atoms with Gasteiger partial charge in [0.25, 0.3) is 5.91 Å². The van der Waals surface area contributed by atoms with Crippen molar-refractivity contribution in [2.45, 2.75) is 51.1 Å². The Labute approximate surface area is 204 Å². The molecule has 1 N–H and O–H groups in total. The van der Waals surface area contributed by atoms with Gasteiger partial charge in [0.05, 0.1) is 11.4 Å². The molecule has 2 fully saturated rings. The molecule has 2 aromatic carbocycles. The van der Waals surface area contributed by atoms with Crippen LogP contribution in [0.1, 0.15) is 54.4 Å². The summed E-state index contributed by atoms with van der Waals surface area (Å²) < 4.78 is 13.2. The molecule has 3 heterocycles. The van der Waals surface area contributed by atoms with Crippen LogP contribution < -0.4 is 15.1 Å². The van der Waals surface area contributed by atoms with Crippen molar-refractivity contribution in [3.63, 3.8) is 0 Å². The Bertz CT molecular complexity index is 1110. The van der Waals surface area contributed by atoms with Gasteiger partial charge < -0.3 is 15.1 Å². The van der Waals surface area contributed by atoms with Crippen LogP contribution in [-0.4, -0.2) is 54.8 Å². The molecular formula is C27H31FN4O3. The number of nitrogens with one attached hydrogen (secondary N) is 1. The molecule has 1 atom stereocenters. The van der Waals surface area contributed by atoms with Gasteiger partial charge in [-0.3, -0.25) is 19.3 Å². The lowest BCUT2D eigenvalue weighted by Gasteiger charge is -2.45. The highest BCUT2D eigenvalue weighted by Gasteiger charge is 2.40. The Morgan fingerprint density at radius 1 is 0.914 bits per heavy atom. The maximum atomic E-state index is 13.5. The molecule has 0 aliphatic carbocycles. The van der Waals surface area contributed by atoms with Crippen LogP contribution in [0, 0.1) is 5.82 Å². The minimum absolute atomic E-state index is 0.0265. The van der Waals surface area contributed by atoms with Crippen LogP contribution in [0.5, 0.6) is 0 Å². The van der Waals surface area contributed by atoms with Gasteiger partial charge in [-0.05, 0) is 74.4 Å². The van der Waals surface area contributed by atoms with E-state index < -0.39 is 0 Å². The number of hydrogen-bond acceptors (Lipinski definition) is 4. The Hall–Kier alpha value is -3.42. The van der Waals surface area contributed by atoms with Crippen LogP contribution >= 0.6 is 0 Å². The van der Waals surface area contributed by atoms with E-state index in [1.54, 1.807) is 18.2 Å². The van der Waals surface area contributed by atoms with Crippen LogP contribution in [-0.2, 0) is 16.1 Å². The number of anilines is 2. The topological polar surface area (TPSA) is 73.0 Å². The lowest BCUT2D eigenvalue weighted by atomic mass is 9.95. The molecule has 3 amide bonds. The fraction of sp³-hybridized carbons (Fsp3) is 0.444. The smallest absolute Gasteiger partial charge is 0.253 e. The first kappa shape index (κ1) is 23.3. The van der Waals surface area contributed by atoms with Crippen molar-refractivity contribution in [2.75, 3.05) is 36.0 Å². The second-order valence-electron chi connectivity index (χ2n) is 9.59. The number of benzene rings is 2. The Kier molecular flexibility index (Phi) is 6.70. The fourth-order valence-corrected chi connectivity index (χ4v) is 5.34. The molecule has 2 saturated heterocycles. The number of carbonyl (C=O) groups is 3. The minimum Gasteiger partial charge on any atom is -0.358 e. The van der Waals surface area contributed by atoms with E-state index in [1.165, 1.54) is 17.0 Å². The van der Waals surface area contributed by atoms with Crippen LogP contribution in [0.2, 0.25) is 0 Å². The fourth-order valence-electron chi connectivity index (χ4n) is 5.34. The lowest BCUT2D eigenvalue weighted by molar-refractivity contribution is -0.125. The zero-order valence-electron chi connectivity index (χ0n) is 19.8. The van der Waals surface area contributed by atoms with Gasteiger partial charge in [0.15, 0.2) is 0 Å². The Morgan fingerprint density at radius 2 is 1.66 bits per heavy atom. The van der Waals surface area contributed by atoms with Gasteiger partial charge in [-0.1, -0.05) is 12.1 Å². The first-order valence-corrected chi connectivity index (χ1v) is 12.5. The summed E-state index contributed by atoms with van der Waals surface area (Å²) in [6, 6.07) is 11.2. The molecule has 8 heteroatoms. The molecule has 7 nitrogen and oxygen atoms in total. The number of hydrogen-bond donors (Lipinski definition) is 1. The summed E-state index contributed by atoms with van der Waals surface area (Å²) in [6.45, 7) is 2.40. The van der Waals surface area contributed by atoms with E-state index in [2.05, 4.69) is 10.2 Å². The van der Waals surface area contributed by atoms with E-state index in [-0.39, 0.29) is 42.7 Å². The third-order valence-electron chi connectivity index (χ3n) is 7.22. The van der Waals surface area contributed by atoms with E-state index >= 15 is 0 Å². The number of rotatable bonds is 5. The van der Waals surface area contributed by atoms with Crippen LogP contribution in [0.25, 0.3) is 0 Å². The SMILES string of the molecule is O=C(CN1C(=O)[C@H]2CCCCN2c2ccc(C(=O)N3CCCCC3)cc21)NCc1ccc(F)cc1. The van der Waals surface area contributed by atoms with E-state index in [0.717, 1.165) is 69.4 Å². The summed E-state index contributed by atoms with van der Waals surface area (Å²) in [5.74, 6) is -0.758. The Morgan fingerprint density at radius 3 is 2.43 bits per heavy atom. The molecule has 0 saturated carbocycles. The van der Waals surface area contributed by atoms with Gasteiger partial charge in [0.2, 0.25) is 11.8 Å². The molecule has 0 spiro atoms. The molecular weight excluding hydrogens is 447 g/mol. The summed E-state index contributed by atoms with van der Waals surface area (Å²) in [5, 5.41) is 2.83. The maximum absolute atomic E-state index is 13.5. The summed E-state index contributed by atoms with van der Waals surface area (Å²) in [5.41, 5.74) is 2.84. The van der Waals surface area contributed by atoms with Crippen molar-refractivity contribution in [3.8, 4) is 0 Å². The number of amides is 3. The normalized spacial score (nSPS) is 19.7. The number of carbonyl (C=O) groups excluding carboxylic acids is 3. The van der Waals surface area contributed by atoms with E-state index in [4.69, 9.17) is 0 Å². The van der Waals surface area contributed by atoms with Crippen LogP contribution in [0.3, 0.4) is 0 Å². The zero-order chi connectivity index (χ0) is 24.4. The number of nitrogens with zero attached hydrogens (tertiary/aromatic N) is 3. The van der Waals surface area contributed by atoms with Gasteiger partial charge >= 0.3 is 0 Å². The average Bonchev–Trinajstić information content (AvgIpc) is 2.90. The van der Waals surface area contributed by atoms with Crippen LogP contribution in [0.15, 0.2) is 42.5 Å². The largest absolute Gasteiger partial charge is 0.358 e. The maximum Gasteiger partial charge on any atom is 0.253 e. The Balaban J connectivity index is 1.39. The van der Waals surface area contributed by atoms with Crippen molar-refractivity contribution in [2.24, 2.45) is 0 Å². The van der Waals surface area contributed by atoms with E-state index in [1.807, 2.05) is 17.0 Å². The highest BCUT2D eigenvalue weighted by Crippen LogP contribution is 2.40. The monoisotopic (exact) mass is 478 g/mol. The third-order valence-corrected chi connectivity index (χ3v) is 7.22. The average molecular weight is 479 g/mol. The number of likely N-dealkylation sites (tertiary alicyclic amines) is 1. The van der Waals surface area contributed by atoms with Crippen LogP contribution in [0.4, 0.5) is 15.8 Å². The van der Waals surface area contributed by atoms with Gasteiger partial charge in [-0.15, -0.1) is 0 Å². The molecule has 0 aromatic heterocycles. The summed E-state index contributed by atoms with van der Waals surface area (Å²) in [7, 11) is 0. The predicted octanol–water partition coefficient (Wildman–Crippen LogP) is 3.47.